The van der Waals surface area contributed by atoms with E-state index in [9.17, 15) is 9.59 Å². The predicted molar refractivity (Wildman–Crippen MR) is 83.2 cm³/mol. The minimum atomic E-state index is -0.922. The van der Waals surface area contributed by atoms with E-state index in [0.29, 0.717) is 25.5 Å². The van der Waals surface area contributed by atoms with Crippen molar-refractivity contribution in [3.8, 4) is 0 Å². The topological polar surface area (TPSA) is 80.0 Å². The first-order valence-electron chi connectivity index (χ1n) is 7.65. The second-order valence-electron chi connectivity index (χ2n) is 5.78. The molecule has 1 amide bonds. The van der Waals surface area contributed by atoms with Crippen molar-refractivity contribution in [3.05, 3.63) is 36.1 Å². The van der Waals surface area contributed by atoms with Crippen LogP contribution in [0.5, 0.6) is 0 Å². The van der Waals surface area contributed by atoms with E-state index in [-0.39, 0.29) is 12.3 Å². The molecule has 0 unspecified atom stereocenters. The van der Waals surface area contributed by atoms with Crippen molar-refractivity contribution in [1.82, 2.24) is 4.90 Å². The van der Waals surface area contributed by atoms with Gasteiger partial charge in [0.25, 0.3) is 0 Å². The minimum absolute atomic E-state index is 0.0669. The van der Waals surface area contributed by atoms with E-state index in [1.54, 1.807) is 4.90 Å². The zero-order valence-electron chi connectivity index (χ0n) is 12.9. The van der Waals surface area contributed by atoms with Crippen LogP contribution in [0.15, 0.2) is 34.7 Å². The Bertz CT molecular complexity index is 690. The van der Waals surface area contributed by atoms with Crippen molar-refractivity contribution in [1.29, 1.82) is 0 Å². The van der Waals surface area contributed by atoms with E-state index in [4.69, 9.17) is 14.3 Å². The first-order chi connectivity index (χ1) is 11.0. The number of hydrogen-bond acceptors (Lipinski definition) is 4. The van der Waals surface area contributed by atoms with Crippen molar-refractivity contribution in [2.24, 2.45) is 0 Å². The molecule has 1 aromatic heterocycles. The van der Waals surface area contributed by atoms with Gasteiger partial charge in [0.15, 0.2) is 0 Å². The van der Waals surface area contributed by atoms with E-state index in [1.165, 1.54) is 0 Å². The van der Waals surface area contributed by atoms with Gasteiger partial charge >= 0.3 is 5.97 Å². The van der Waals surface area contributed by atoms with E-state index >= 15 is 0 Å². The van der Waals surface area contributed by atoms with E-state index in [2.05, 4.69) is 0 Å². The van der Waals surface area contributed by atoms with Crippen molar-refractivity contribution < 1.29 is 23.8 Å². The van der Waals surface area contributed by atoms with Crippen molar-refractivity contribution in [2.75, 3.05) is 19.7 Å². The maximum absolute atomic E-state index is 12.7. The molecule has 2 heterocycles. The van der Waals surface area contributed by atoms with Gasteiger partial charge in [0.05, 0.1) is 25.0 Å². The smallest absolute Gasteiger partial charge is 0.306 e. The lowest BCUT2D eigenvalue weighted by atomic mass is 10.1. The Labute approximate surface area is 133 Å². The number of para-hydroxylation sites is 1. The largest absolute Gasteiger partial charge is 0.481 e. The fourth-order valence-corrected chi connectivity index (χ4v) is 2.85. The molecule has 1 fully saturated rings. The summed E-state index contributed by atoms with van der Waals surface area (Å²) in [5.74, 6) is -0.777. The van der Waals surface area contributed by atoms with Gasteiger partial charge in [-0.1, -0.05) is 18.2 Å². The number of carbonyl (C=O) groups is 2. The molecule has 0 saturated carbocycles. The maximum atomic E-state index is 12.7. The number of fused-ring (bicyclic) bond motifs is 1. The van der Waals surface area contributed by atoms with Crippen LogP contribution in [0.2, 0.25) is 0 Å². The van der Waals surface area contributed by atoms with Crippen molar-refractivity contribution in [2.45, 2.75) is 25.4 Å². The van der Waals surface area contributed by atoms with Crippen LogP contribution in [-0.2, 0) is 14.3 Å². The maximum Gasteiger partial charge on any atom is 0.306 e. The zero-order valence-corrected chi connectivity index (χ0v) is 12.9. The van der Waals surface area contributed by atoms with Crippen molar-refractivity contribution >= 4 is 22.8 Å². The van der Waals surface area contributed by atoms with Gasteiger partial charge in [0.2, 0.25) is 5.91 Å². The van der Waals surface area contributed by atoms with Crippen LogP contribution in [0.1, 0.15) is 25.0 Å². The Morgan fingerprint density at radius 3 is 2.91 bits per heavy atom. The Kier molecular flexibility index (Phi) is 4.34. The van der Waals surface area contributed by atoms with Gasteiger partial charge in [-0.2, -0.15) is 0 Å². The highest BCUT2D eigenvalue weighted by atomic mass is 16.5. The van der Waals surface area contributed by atoms with Gasteiger partial charge in [-0.25, -0.2) is 0 Å². The lowest BCUT2D eigenvalue weighted by Crippen LogP contribution is -2.47. The monoisotopic (exact) mass is 317 g/mol. The minimum Gasteiger partial charge on any atom is -0.481 e. The first-order valence-corrected chi connectivity index (χ1v) is 7.65. The number of aliphatic carboxylic acids is 1. The van der Waals surface area contributed by atoms with E-state index < -0.39 is 18.0 Å². The molecule has 6 heteroatoms. The normalized spacial score (nSPS) is 19.7. The molecular formula is C17H19NO5. The lowest BCUT2D eigenvalue weighted by Gasteiger charge is -2.33. The van der Waals surface area contributed by atoms with Crippen LogP contribution in [0.25, 0.3) is 11.0 Å². The number of ether oxygens (including phenoxy) is 1. The van der Waals surface area contributed by atoms with E-state index in [1.807, 2.05) is 37.3 Å². The van der Waals surface area contributed by atoms with E-state index in [0.717, 1.165) is 11.0 Å². The summed E-state index contributed by atoms with van der Waals surface area (Å²) in [6, 6.07) is 9.51. The molecule has 1 aliphatic rings. The number of nitrogens with zero attached hydrogens (tertiary/aromatic N) is 1. The number of carbonyl (C=O) groups excluding carboxylic acids is 1. The summed E-state index contributed by atoms with van der Waals surface area (Å²) in [7, 11) is 0. The van der Waals surface area contributed by atoms with Crippen LogP contribution in [0, 0.1) is 0 Å². The first kappa shape index (κ1) is 15.6. The molecule has 2 atom stereocenters. The summed E-state index contributed by atoms with van der Waals surface area (Å²) in [6.07, 6.45) is -0.545. The van der Waals surface area contributed by atoms with Crippen LogP contribution in [0.3, 0.4) is 0 Å². The molecule has 0 radical (unpaired) electrons. The predicted octanol–water partition coefficient (Wildman–Crippen LogP) is 2.24. The third-order valence-electron chi connectivity index (χ3n) is 4.09. The number of carboxylic acids is 1. The number of furan rings is 1. The molecule has 0 bridgehead atoms. The third kappa shape index (κ3) is 3.37. The Morgan fingerprint density at radius 2 is 2.17 bits per heavy atom. The Balaban J connectivity index is 1.72. The summed E-state index contributed by atoms with van der Waals surface area (Å²) < 4.78 is 11.2. The number of morpholine rings is 1. The highest BCUT2D eigenvalue weighted by Gasteiger charge is 2.30. The summed E-state index contributed by atoms with van der Waals surface area (Å²) >= 11 is 0. The van der Waals surface area contributed by atoms with Gasteiger partial charge in [-0.05, 0) is 19.1 Å². The fourth-order valence-electron chi connectivity index (χ4n) is 2.85. The standard InChI is InChI=1S/C17H19NO5/c1-11(15-8-12-4-2-3-5-14(12)23-15)17(21)18-6-7-22-13(10-18)9-16(19)20/h2-5,8,11,13H,6-7,9-10H2,1H3,(H,19,20)/t11-,13-/m0/s1. The fraction of sp³-hybridized carbons (Fsp3) is 0.412. The molecular weight excluding hydrogens is 298 g/mol. The number of carboxylic acid groups (broad SMARTS) is 1. The van der Waals surface area contributed by atoms with Crippen molar-refractivity contribution in [3.63, 3.8) is 0 Å². The molecule has 2 aromatic rings. The summed E-state index contributed by atoms with van der Waals surface area (Å²) in [4.78, 5) is 25.1. The van der Waals surface area contributed by atoms with Crippen LogP contribution in [0.4, 0.5) is 0 Å². The van der Waals surface area contributed by atoms with Gasteiger partial charge in [0, 0.05) is 18.5 Å². The molecule has 1 aromatic carbocycles. The zero-order chi connectivity index (χ0) is 16.4. The number of amides is 1. The van der Waals surface area contributed by atoms with Gasteiger partial charge in [0.1, 0.15) is 11.3 Å². The molecule has 0 aliphatic carbocycles. The van der Waals surface area contributed by atoms with Crippen LogP contribution in [-0.4, -0.2) is 47.7 Å². The lowest BCUT2D eigenvalue weighted by molar-refractivity contribution is -0.148. The summed E-state index contributed by atoms with van der Waals surface area (Å²) in [5.41, 5.74) is 0.757. The van der Waals surface area contributed by atoms with Gasteiger partial charge in [-0.3, -0.25) is 9.59 Å². The Hall–Kier alpha value is -2.34. The molecule has 23 heavy (non-hydrogen) atoms. The summed E-state index contributed by atoms with van der Waals surface area (Å²) in [5, 5.41) is 9.83. The average molecular weight is 317 g/mol. The Morgan fingerprint density at radius 1 is 1.39 bits per heavy atom. The molecule has 1 aliphatic heterocycles. The molecule has 1 N–H and O–H groups in total. The number of benzene rings is 1. The second-order valence-corrected chi connectivity index (χ2v) is 5.78. The third-order valence-corrected chi connectivity index (χ3v) is 4.09. The van der Waals surface area contributed by atoms with Gasteiger partial charge < -0.3 is 19.2 Å². The molecule has 122 valence electrons. The average Bonchev–Trinajstić information content (AvgIpc) is 2.97. The molecule has 3 rings (SSSR count). The van der Waals surface area contributed by atoms with Crippen LogP contribution < -0.4 is 0 Å². The number of hydrogen-bond donors (Lipinski definition) is 1. The summed E-state index contributed by atoms with van der Waals surface area (Å²) in [6.45, 7) is 2.94. The molecule has 0 spiro atoms. The molecule has 6 nitrogen and oxygen atoms in total. The SMILES string of the molecule is C[C@H](C(=O)N1CCO[C@@H](CC(=O)O)C1)c1cc2ccccc2o1. The second kappa shape index (κ2) is 6.42. The van der Waals surface area contributed by atoms with Gasteiger partial charge in [-0.15, -0.1) is 0 Å². The highest BCUT2D eigenvalue weighted by Crippen LogP contribution is 2.27. The quantitative estimate of drug-likeness (QED) is 0.935. The highest BCUT2D eigenvalue weighted by molar-refractivity contribution is 5.85. The molecule has 1 saturated heterocycles. The van der Waals surface area contributed by atoms with Crippen LogP contribution >= 0.6 is 0 Å². The number of rotatable bonds is 4.